The number of halogens is 3. The molecule has 0 aliphatic rings. The predicted molar refractivity (Wildman–Crippen MR) is 64.2 cm³/mol. The van der Waals surface area contributed by atoms with Crippen molar-refractivity contribution in [2.24, 2.45) is 0 Å². The second kappa shape index (κ2) is 7.07. The summed E-state index contributed by atoms with van der Waals surface area (Å²) < 4.78 is 19.3. The van der Waals surface area contributed by atoms with Crippen LogP contribution in [0.1, 0.15) is 19.3 Å². The van der Waals surface area contributed by atoms with E-state index in [1.165, 1.54) is 6.07 Å². The fourth-order valence-electron chi connectivity index (χ4n) is 1.15. The first-order chi connectivity index (χ1) is 7.24. The van der Waals surface area contributed by atoms with Crippen molar-refractivity contribution in [1.82, 2.24) is 0 Å². The molecule has 1 nitrogen and oxygen atoms in total. The molecule has 0 amide bonds. The third-order valence-corrected chi connectivity index (χ3v) is 2.69. The maximum absolute atomic E-state index is 13.2. The minimum absolute atomic E-state index is 0.309. The van der Waals surface area contributed by atoms with E-state index in [-0.39, 0.29) is 5.82 Å². The molecule has 0 aromatic heterocycles. The highest BCUT2D eigenvalue weighted by Crippen LogP contribution is 2.21. The first kappa shape index (κ1) is 12.8. The topological polar surface area (TPSA) is 9.23 Å². The highest BCUT2D eigenvalue weighted by atomic mass is 79.9. The Kier molecular flexibility index (Phi) is 6.03. The molecule has 4 heteroatoms. The monoisotopic (exact) mass is 294 g/mol. The first-order valence-corrected chi connectivity index (χ1v) is 6.20. The molecular formula is C11H13BrClFO. The standard InChI is InChI=1S/C11H13BrClFO/c12-9-4-5-11(10(14)8-9)15-7-3-1-2-6-13/h4-5,8H,1-3,6-7H2. The summed E-state index contributed by atoms with van der Waals surface area (Å²) in [5, 5.41) is 0. The maximum Gasteiger partial charge on any atom is 0.166 e. The number of unbranched alkanes of at least 4 members (excludes halogenated alkanes) is 2. The van der Waals surface area contributed by atoms with Gasteiger partial charge < -0.3 is 4.74 Å². The van der Waals surface area contributed by atoms with E-state index >= 15 is 0 Å². The Bertz CT molecular complexity index is 307. The Morgan fingerprint density at radius 1 is 1.27 bits per heavy atom. The van der Waals surface area contributed by atoms with Gasteiger partial charge in [0.15, 0.2) is 11.6 Å². The molecule has 0 spiro atoms. The quantitative estimate of drug-likeness (QED) is 0.559. The summed E-state index contributed by atoms with van der Waals surface area (Å²) in [6.45, 7) is 0.537. The van der Waals surface area contributed by atoms with E-state index in [1.807, 2.05) is 0 Å². The smallest absolute Gasteiger partial charge is 0.166 e. The molecule has 0 N–H and O–H groups in total. The Hall–Kier alpha value is -0.280. The molecule has 0 bridgehead atoms. The molecule has 15 heavy (non-hydrogen) atoms. The van der Waals surface area contributed by atoms with Crippen molar-refractivity contribution < 1.29 is 9.13 Å². The fraction of sp³-hybridized carbons (Fsp3) is 0.455. The third-order valence-electron chi connectivity index (χ3n) is 1.93. The van der Waals surface area contributed by atoms with Crippen LogP contribution in [0.2, 0.25) is 0 Å². The summed E-state index contributed by atoms with van der Waals surface area (Å²) >= 11 is 8.72. The molecule has 84 valence electrons. The van der Waals surface area contributed by atoms with Crippen molar-refractivity contribution in [3.63, 3.8) is 0 Å². The number of benzene rings is 1. The summed E-state index contributed by atoms with van der Waals surface area (Å²) in [5.41, 5.74) is 0. The zero-order valence-corrected chi connectivity index (χ0v) is 10.7. The van der Waals surface area contributed by atoms with Crippen LogP contribution in [0.25, 0.3) is 0 Å². The molecule has 0 radical (unpaired) electrons. The van der Waals surface area contributed by atoms with Gasteiger partial charge in [-0.1, -0.05) is 15.9 Å². The summed E-state index contributed by atoms with van der Waals surface area (Å²) in [7, 11) is 0. The normalized spacial score (nSPS) is 10.3. The molecule has 1 aromatic carbocycles. The van der Waals surface area contributed by atoms with E-state index in [4.69, 9.17) is 16.3 Å². The Morgan fingerprint density at radius 3 is 2.73 bits per heavy atom. The van der Waals surface area contributed by atoms with Crippen LogP contribution in [0.3, 0.4) is 0 Å². The molecular weight excluding hydrogens is 282 g/mol. The predicted octanol–water partition coefficient (Wildman–Crippen LogP) is 4.38. The zero-order valence-electron chi connectivity index (χ0n) is 8.31. The molecule has 0 saturated heterocycles. The van der Waals surface area contributed by atoms with Crippen LogP contribution in [0.4, 0.5) is 4.39 Å². The molecule has 0 atom stereocenters. The lowest BCUT2D eigenvalue weighted by molar-refractivity contribution is 0.291. The van der Waals surface area contributed by atoms with E-state index in [0.29, 0.717) is 18.2 Å². The van der Waals surface area contributed by atoms with Crippen molar-refractivity contribution in [2.75, 3.05) is 12.5 Å². The second-order valence-electron chi connectivity index (χ2n) is 3.17. The Labute approximate surface area is 103 Å². The third kappa shape index (κ3) is 4.85. The van der Waals surface area contributed by atoms with Crippen LogP contribution in [0.5, 0.6) is 5.75 Å². The lowest BCUT2D eigenvalue weighted by Gasteiger charge is -2.06. The summed E-state index contributed by atoms with van der Waals surface area (Å²) in [6.07, 6.45) is 2.90. The van der Waals surface area contributed by atoms with Crippen molar-refractivity contribution in [3.8, 4) is 5.75 Å². The second-order valence-corrected chi connectivity index (χ2v) is 4.47. The van der Waals surface area contributed by atoms with Crippen LogP contribution < -0.4 is 4.74 Å². The number of hydrogen-bond acceptors (Lipinski definition) is 1. The van der Waals surface area contributed by atoms with E-state index in [1.54, 1.807) is 12.1 Å². The van der Waals surface area contributed by atoms with Gasteiger partial charge in [-0.15, -0.1) is 11.6 Å². The molecule has 0 aliphatic carbocycles. The lowest BCUT2D eigenvalue weighted by atomic mass is 10.2. The van der Waals surface area contributed by atoms with E-state index in [0.717, 1.165) is 23.7 Å². The molecule has 0 unspecified atom stereocenters. The van der Waals surface area contributed by atoms with Gasteiger partial charge in [0.2, 0.25) is 0 Å². The van der Waals surface area contributed by atoms with Crippen molar-refractivity contribution in [1.29, 1.82) is 0 Å². The number of alkyl halides is 1. The summed E-state index contributed by atoms with van der Waals surface area (Å²) in [5.74, 6) is 0.651. The van der Waals surface area contributed by atoms with Crippen LogP contribution >= 0.6 is 27.5 Å². The number of ether oxygens (including phenoxy) is 1. The summed E-state index contributed by atoms with van der Waals surface area (Å²) in [6, 6.07) is 4.78. The largest absolute Gasteiger partial charge is 0.491 e. The Morgan fingerprint density at radius 2 is 2.07 bits per heavy atom. The van der Waals surface area contributed by atoms with E-state index in [9.17, 15) is 4.39 Å². The lowest BCUT2D eigenvalue weighted by Crippen LogP contribution is -1.99. The van der Waals surface area contributed by atoms with E-state index < -0.39 is 0 Å². The van der Waals surface area contributed by atoms with Crippen LogP contribution in [0.15, 0.2) is 22.7 Å². The highest BCUT2D eigenvalue weighted by Gasteiger charge is 2.02. The molecule has 0 fully saturated rings. The van der Waals surface area contributed by atoms with Crippen LogP contribution in [0, 0.1) is 5.82 Å². The highest BCUT2D eigenvalue weighted by molar-refractivity contribution is 9.10. The average molecular weight is 296 g/mol. The van der Waals surface area contributed by atoms with Crippen LogP contribution in [-0.4, -0.2) is 12.5 Å². The minimum Gasteiger partial charge on any atom is -0.491 e. The SMILES string of the molecule is Fc1cc(Br)ccc1OCCCCCCl. The zero-order chi connectivity index (χ0) is 11.1. The minimum atomic E-state index is -0.332. The van der Waals surface area contributed by atoms with Crippen molar-refractivity contribution >= 4 is 27.5 Å². The van der Waals surface area contributed by atoms with Gasteiger partial charge in [-0.05, 0) is 37.5 Å². The first-order valence-electron chi connectivity index (χ1n) is 4.88. The van der Waals surface area contributed by atoms with Crippen molar-refractivity contribution in [2.45, 2.75) is 19.3 Å². The molecule has 0 heterocycles. The van der Waals surface area contributed by atoms with Gasteiger partial charge in [0.05, 0.1) is 6.61 Å². The molecule has 0 saturated carbocycles. The van der Waals surface area contributed by atoms with Crippen LogP contribution in [-0.2, 0) is 0 Å². The molecule has 1 rings (SSSR count). The van der Waals surface area contributed by atoms with Gasteiger partial charge in [0.25, 0.3) is 0 Å². The summed E-state index contributed by atoms with van der Waals surface area (Å²) in [4.78, 5) is 0. The Balaban J connectivity index is 2.31. The van der Waals surface area contributed by atoms with Gasteiger partial charge in [-0.3, -0.25) is 0 Å². The van der Waals surface area contributed by atoms with Crippen molar-refractivity contribution in [3.05, 3.63) is 28.5 Å². The molecule has 0 aliphatic heterocycles. The van der Waals surface area contributed by atoms with Gasteiger partial charge in [0, 0.05) is 10.4 Å². The van der Waals surface area contributed by atoms with E-state index in [2.05, 4.69) is 15.9 Å². The number of hydrogen-bond donors (Lipinski definition) is 0. The van der Waals surface area contributed by atoms with Gasteiger partial charge in [0.1, 0.15) is 0 Å². The maximum atomic E-state index is 13.2. The average Bonchev–Trinajstić information content (AvgIpc) is 2.20. The number of rotatable bonds is 6. The van der Waals surface area contributed by atoms with Gasteiger partial charge in [-0.2, -0.15) is 0 Å². The fourth-order valence-corrected chi connectivity index (χ4v) is 1.67. The van der Waals surface area contributed by atoms with Gasteiger partial charge >= 0.3 is 0 Å². The molecule has 1 aromatic rings. The van der Waals surface area contributed by atoms with Gasteiger partial charge in [-0.25, -0.2) is 4.39 Å².